The average Bonchev–Trinajstić information content (AvgIpc) is 2.46. The molecule has 0 fully saturated rings. The Hall–Kier alpha value is -0.880. The lowest BCUT2D eigenvalue weighted by atomic mass is 10.2. The molecule has 0 radical (unpaired) electrons. The molecular weight excluding hydrogens is 258 g/mol. The first kappa shape index (κ1) is 10.2. The number of carbonyl (C=O) groups is 1. The molecule has 0 aliphatic heterocycles. The van der Waals surface area contributed by atoms with Gasteiger partial charge < -0.3 is 10.3 Å². The van der Waals surface area contributed by atoms with E-state index in [9.17, 15) is 4.79 Å². The van der Waals surface area contributed by atoms with Gasteiger partial charge in [0, 0.05) is 11.3 Å². The molecule has 1 aromatic heterocycles. The van der Waals surface area contributed by atoms with Crippen LogP contribution in [0.1, 0.15) is 4.88 Å². The highest BCUT2D eigenvalue weighted by molar-refractivity contribution is 9.11. The van der Waals surface area contributed by atoms with Crippen molar-refractivity contribution < 1.29 is 15.1 Å². The fraction of sp³-hybridized carbons (Fsp3) is 0.143. The van der Waals surface area contributed by atoms with Crippen LogP contribution in [0.15, 0.2) is 21.1 Å². The fourth-order valence-electron chi connectivity index (χ4n) is 0.766. The number of aliphatic carboxylic acids is 1. The maximum atomic E-state index is 10.4. The van der Waals surface area contributed by atoms with Crippen LogP contribution in [-0.2, 0) is 11.2 Å². The summed E-state index contributed by atoms with van der Waals surface area (Å²) in [6.45, 7) is 0. The molecule has 1 heterocycles. The molecule has 2 N–H and O–H groups in total. The molecule has 0 saturated carbocycles. The first-order chi connectivity index (χ1) is 6.13. The van der Waals surface area contributed by atoms with Crippen LogP contribution >= 0.6 is 27.3 Å². The number of hydrogen-bond donors (Lipinski definition) is 2. The molecule has 0 spiro atoms. The Labute approximate surface area is 86.6 Å². The highest BCUT2D eigenvalue weighted by atomic mass is 79.9. The average molecular weight is 264 g/mol. The first-order valence-corrected chi connectivity index (χ1v) is 4.93. The van der Waals surface area contributed by atoms with Gasteiger partial charge in [0.2, 0.25) is 0 Å². The van der Waals surface area contributed by atoms with Crippen molar-refractivity contribution in [2.75, 3.05) is 0 Å². The summed E-state index contributed by atoms with van der Waals surface area (Å²) in [5.41, 5.74) is -0.255. The van der Waals surface area contributed by atoms with Crippen LogP contribution in [0.25, 0.3) is 0 Å². The molecule has 0 amide bonds. The molecule has 0 bridgehead atoms. The molecular formula is C7H6BrNO3S. The summed E-state index contributed by atoms with van der Waals surface area (Å²) in [5.74, 6) is -1.20. The smallest absolute Gasteiger partial charge is 0.354 e. The lowest BCUT2D eigenvalue weighted by Crippen LogP contribution is -2.15. The van der Waals surface area contributed by atoms with Gasteiger partial charge in [0.05, 0.1) is 3.79 Å². The van der Waals surface area contributed by atoms with Crippen LogP contribution < -0.4 is 0 Å². The van der Waals surface area contributed by atoms with E-state index in [1.165, 1.54) is 11.3 Å². The normalized spacial score (nSPS) is 11.6. The predicted molar refractivity (Wildman–Crippen MR) is 52.6 cm³/mol. The fourth-order valence-corrected chi connectivity index (χ4v) is 2.25. The van der Waals surface area contributed by atoms with E-state index in [-0.39, 0.29) is 12.1 Å². The largest absolute Gasteiger partial charge is 0.477 e. The van der Waals surface area contributed by atoms with E-state index in [4.69, 9.17) is 10.3 Å². The lowest BCUT2D eigenvalue weighted by Gasteiger charge is -1.94. The van der Waals surface area contributed by atoms with Crippen molar-refractivity contribution >= 4 is 38.9 Å². The molecule has 1 rings (SSSR count). The van der Waals surface area contributed by atoms with Gasteiger partial charge in [-0.2, -0.15) is 0 Å². The molecule has 0 aliphatic rings. The molecule has 0 unspecified atom stereocenters. The zero-order chi connectivity index (χ0) is 9.84. The quantitative estimate of drug-likeness (QED) is 0.498. The number of oxime groups is 1. The molecule has 0 aliphatic carbocycles. The molecule has 1 aromatic rings. The Kier molecular flexibility index (Phi) is 3.44. The highest BCUT2D eigenvalue weighted by Crippen LogP contribution is 2.22. The minimum Gasteiger partial charge on any atom is -0.477 e. The maximum absolute atomic E-state index is 10.4. The monoisotopic (exact) mass is 263 g/mol. The molecule has 4 nitrogen and oxygen atoms in total. The minimum absolute atomic E-state index is 0.141. The second kappa shape index (κ2) is 4.38. The second-order valence-electron chi connectivity index (χ2n) is 2.23. The summed E-state index contributed by atoms with van der Waals surface area (Å²) in [6.07, 6.45) is 0.141. The van der Waals surface area contributed by atoms with Crippen LogP contribution in [0.5, 0.6) is 0 Å². The van der Waals surface area contributed by atoms with E-state index in [0.717, 1.165) is 8.66 Å². The lowest BCUT2D eigenvalue weighted by molar-refractivity contribution is -0.129. The van der Waals surface area contributed by atoms with Gasteiger partial charge >= 0.3 is 5.97 Å². The molecule has 0 atom stereocenters. The number of thiophene rings is 1. The van der Waals surface area contributed by atoms with Gasteiger partial charge in [0.25, 0.3) is 0 Å². The zero-order valence-electron chi connectivity index (χ0n) is 6.40. The summed E-state index contributed by atoms with van der Waals surface area (Å²) < 4.78 is 0.921. The number of rotatable bonds is 3. The van der Waals surface area contributed by atoms with Crippen LogP contribution in [0, 0.1) is 0 Å². The van der Waals surface area contributed by atoms with Crippen molar-refractivity contribution in [3.63, 3.8) is 0 Å². The summed E-state index contributed by atoms with van der Waals surface area (Å²) in [4.78, 5) is 11.3. The van der Waals surface area contributed by atoms with Crippen LogP contribution in [-0.4, -0.2) is 22.0 Å². The van der Waals surface area contributed by atoms with Crippen molar-refractivity contribution in [1.82, 2.24) is 0 Å². The molecule has 0 aromatic carbocycles. The van der Waals surface area contributed by atoms with Gasteiger partial charge in [-0.1, -0.05) is 5.16 Å². The van der Waals surface area contributed by atoms with E-state index in [1.807, 2.05) is 6.07 Å². The van der Waals surface area contributed by atoms with Gasteiger partial charge in [0.15, 0.2) is 5.71 Å². The molecule has 13 heavy (non-hydrogen) atoms. The zero-order valence-corrected chi connectivity index (χ0v) is 8.80. The Morgan fingerprint density at radius 1 is 1.62 bits per heavy atom. The Balaban J connectivity index is 2.73. The van der Waals surface area contributed by atoms with E-state index in [2.05, 4.69) is 21.1 Å². The molecule has 0 saturated heterocycles. The van der Waals surface area contributed by atoms with Gasteiger partial charge in [0.1, 0.15) is 0 Å². The van der Waals surface area contributed by atoms with Crippen LogP contribution in [0.3, 0.4) is 0 Å². The Bertz CT molecular complexity index is 347. The van der Waals surface area contributed by atoms with Crippen molar-refractivity contribution in [1.29, 1.82) is 0 Å². The summed E-state index contributed by atoms with van der Waals surface area (Å²) in [6, 6.07) is 3.60. The SMILES string of the molecule is O=C(O)/C(Cc1ccc(Br)s1)=N/O. The minimum atomic E-state index is -1.20. The Morgan fingerprint density at radius 3 is 2.69 bits per heavy atom. The van der Waals surface area contributed by atoms with E-state index >= 15 is 0 Å². The maximum Gasteiger partial charge on any atom is 0.354 e. The van der Waals surface area contributed by atoms with Crippen LogP contribution in [0.4, 0.5) is 0 Å². The van der Waals surface area contributed by atoms with Crippen molar-refractivity contribution in [3.05, 3.63) is 20.8 Å². The topological polar surface area (TPSA) is 69.9 Å². The second-order valence-corrected chi connectivity index (χ2v) is 4.78. The third-order valence-electron chi connectivity index (χ3n) is 1.34. The van der Waals surface area contributed by atoms with E-state index in [1.54, 1.807) is 6.07 Å². The van der Waals surface area contributed by atoms with Crippen molar-refractivity contribution in [2.45, 2.75) is 6.42 Å². The number of nitrogens with zero attached hydrogens (tertiary/aromatic N) is 1. The van der Waals surface area contributed by atoms with Crippen molar-refractivity contribution in [3.8, 4) is 0 Å². The van der Waals surface area contributed by atoms with Gasteiger partial charge in [-0.25, -0.2) is 4.79 Å². The predicted octanol–water partition coefficient (Wildman–Crippen LogP) is 1.97. The Morgan fingerprint density at radius 2 is 2.31 bits per heavy atom. The molecule has 6 heteroatoms. The number of halogens is 1. The summed E-state index contributed by atoms with van der Waals surface area (Å²) >= 11 is 4.66. The van der Waals surface area contributed by atoms with Gasteiger partial charge in [-0.15, -0.1) is 11.3 Å². The van der Waals surface area contributed by atoms with Gasteiger partial charge in [-0.3, -0.25) is 0 Å². The third-order valence-corrected chi connectivity index (χ3v) is 2.96. The van der Waals surface area contributed by atoms with Crippen molar-refractivity contribution in [2.24, 2.45) is 5.16 Å². The number of carboxylic acids is 1. The first-order valence-electron chi connectivity index (χ1n) is 3.32. The molecule has 70 valence electrons. The van der Waals surface area contributed by atoms with E-state index in [0.29, 0.717) is 0 Å². The summed E-state index contributed by atoms with van der Waals surface area (Å²) in [7, 11) is 0. The van der Waals surface area contributed by atoms with Gasteiger partial charge in [-0.05, 0) is 28.1 Å². The van der Waals surface area contributed by atoms with Crippen LogP contribution in [0.2, 0.25) is 0 Å². The number of hydrogen-bond acceptors (Lipinski definition) is 4. The van der Waals surface area contributed by atoms with E-state index < -0.39 is 5.97 Å². The standard InChI is InChI=1S/C7H6BrNO3S/c8-6-2-1-4(13-6)3-5(9-12)7(10)11/h1-2,12H,3H2,(H,10,11)/b9-5+. The summed E-state index contributed by atoms with van der Waals surface area (Å²) in [5, 5.41) is 19.6. The number of carboxylic acid groups (broad SMARTS) is 1. The highest BCUT2D eigenvalue weighted by Gasteiger charge is 2.11. The third kappa shape index (κ3) is 2.82.